The van der Waals surface area contributed by atoms with E-state index in [1.807, 2.05) is 0 Å². The van der Waals surface area contributed by atoms with Crippen LogP contribution in [0.3, 0.4) is 0 Å². The highest BCUT2D eigenvalue weighted by Crippen LogP contribution is 2.28. The van der Waals surface area contributed by atoms with Crippen LogP contribution in [0.1, 0.15) is 34.7 Å². The molecule has 1 N–H and O–H groups in total. The van der Waals surface area contributed by atoms with E-state index >= 15 is 0 Å². The molecule has 25 heavy (non-hydrogen) atoms. The number of nitrogens with one attached hydrogen (secondary N) is 1. The molecule has 0 saturated heterocycles. The van der Waals surface area contributed by atoms with Crippen molar-refractivity contribution in [1.29, 1.82) is 0 Å². The minimum Gasteiger partial charge on any atom is -0.460 e. The van der Waals surface area contributed by atoms with Crippen molar-refractivity contribution in [1.82, 2.24) is 20.0 Å². The molecule has 0 spiro atoms. The van der Waals surface area contributed by atoms with Crippen molar-refractivity contribution >= 4 is 16.9 Å². The van der Waals surface area contributed by atoms with E-state index in [1.54, 1.807) is 19.1 Å². The third-order valence-electron chi connectivity index (χ3n) is 4.30. The largest absolute Gasteiger partial charge is 0.460 e. The number of carbonyl (C=O) groups is 1. The molecule has 0 atom stereocenters. The van der Waals surface area contributed by atoms with Gasteiger partial charge < -0.3 is 14.2 Å². The number of halogens is 1. The van der Waals surface area contributed by atoms with Crippen LogP contribution in [-0.4, -0.2) is 39.1 Å². The molecular formula is C17H17FN4O3. The Labute approximate surface area is 142 Å². The summed E-state index contributed by atoms with van der Waals surface area (Å²) in [7, 11) is 0. The van der Waals surface area contributed by atoms with E-state index in [2.05, 4.69) is 20.0 Å². The topological polar surface area (TPSA) is 84.2 Å². The summed E-state index contributed by atoms with van der Waals surface area (Å²) in [6, 6.07) is 4.77. The van der Waals surface area contributed by atoms with Crippen LogP contribution in [0, 0.1) is 5.82 Å². The molecular weight excluding hydrogens is 327 g/mol. The van der Waals surface area contributed by atoms with E-state index in [1.165, 1.54) is 6.07 Å². The zero-order chi connectivity index (χ0) is 17.4. The Kier molecular flexibility index (Phi) is 3.96. The number of hydrogen-bond donors (Lipinski definition) is 1. The molecule has 2 aromatic heterocycles. The molecule has 130 valence electrons. The zero-order valence-electron chi connectivity index (χ0n) is 13.7. The highest BCUT2D eigenvalue weighted by Gasteiger charge is 2.23. The molecule has 7 nitrogen and oxygen atoms in total. The van der Waals surface area contributed by atoms with Crippen LogP contribution in [0.4, 0.5) is 4.39 Å². The Bertz CT molecular complexity index is 933. The van der Waals surface area contributed by atoms with Gasteiger partial charge in [-0.3, -0.25) is 4.90 Å². The lowest BCUT2D eigenvalue weighted by Crippen LogP contribution is -2.30. The van der Waals surface area contributed by atoms with Crippen molar-refractivity contribution in [2.45, 2.75) is 26.4 Å². The van der Waals surface area contributed by atoms with Gasteiger partial charge in [0.05, 0.1) is 13.2 Å². The first-order valence-electron chi connectivity index (χ1n) is 8.15. The number of nitrogens with zero attached hydrogens (tertiary/aromatic N) is 3. The monoisotopic (exact) mass is 344 g/mol. The first-order chi connectivity index (χ1) is 12.1. The van der Waals surface area contributed by atoms with Crippen LogP contribution in [-0.2, 0) is 24.2 Å². The van der Waals surface area contributed by atoms with Crippen molar-refractivity contribution in [3.63, 3.8) is 0 Å². The van der Waals surface area contributed by atoms with E-state index in [0.29, 0.717) is 19.0 Å². The second kappa shape index (κ2) is 6.29. The summed E-state index contributed by atoms with van der Waals surface area (Å²) < 4.78 is 23.6. The molecule has 3 aromatic rings. The molecule has 0 bridgehead atoms. The predicted octanol–water partition coefficient (Wildman–Crippen LogP) is 2.43. The van der Waals surface area contributed by atoms with Crippen LogP contribution in [0.15, 0.2) is 22.7 Å². The number of hydrogen-bond acceptors (Lipinski definition) is 6. The number of esters is 1. The molecule has 0 aliphatic carbocycles. The van der Waals surface area contributed by atoms with Crippen molar-refractivity contribution in [2.75, 3.05) is 13.2 Å². The fourth-order valence-electron chi connectivity index (χ4n) is 3.17. The second-order valence-corrected chi connectivity index (χ2v) is 5.96. The Morgan fingerprint density at radius 1 is 1.48 bits per heavy atom. The summed E-state index contributed by atoms with van der Waals surface area (Å²) in [5, 5.41) is 4.55. The maximum Gasteiger partial charge on any atom is 0.379 e. The molecule has 0 unspecified atom stereocenters. The highest BCUT2D eigenvalue weighted by molar-refractivity contribution is 5.85. The number of rotatable bonds is 4. The fraction of sp³-hybridized carbons (Fsp3) is 0.353. The van der Waals surface area contributed by atoms with Crippen molar-refractivity contribution in [3.05, 3.63) is 47.0 Å². The molecule has 3 heterocycles. The van der Waals surface area contributed by atoms with E-state index in [-0.39, 0.29) is 18.2 Å². The molecule has 0 saturated carbocycles. The number of fused-ring (bicyclic) bond motifs is 3. The molecule has 0 amide bonds. The van der Waals surface area contributed by atoms with E-state index in [4.69, 9.17) is 9.26 Å². The van der Waals surface area contributed by atoms with Gasteiger partial charge in [-0.1, -0.05) is 0 Å². The van der Waals surface area contributed by atoms with Gasteiger partial charge in [-0.25, -0.2) is 9.18 Å². The first kappa shape index (κ1) is 15.8. The van der Waals surface area contributed by atoms with Gasteiger partial charge in [0.25, 0.3) is 5.82 Å². The quantitative estimate of drug-likeness (QED) is 0.732. The van der Waals surface area contributed by atoms with E-state index < -0.39 is 5.97 Å². The Balaban J connectivity index is 1.52. The van der Waals surface area contributed by atoms with Crippen LogP contribution < -0.4 is 0 Å². The summed E-state index contributed by atoms with van der Waals surface area (Å²) in [5.41, 5.74) is 3.16. The summed E-state index contributed by atoms with van der Waals surface area (Å²) in [4.78, 5) is 21.2. The summed E-state index contributed by atoms with van der Waals surface area (Å²) in [6.07, 6.45) is 0.824. The number of ether oxygens (including phenoxy) is 1. The predicted molar refractivity (Wildman–Crippen MR) is 86.3 cm³/mol. The third kappa shape index (κ3) is 3.00. The molecule has 0 radical (unpaired) electrons. The SMILES string of the molecule is CCOC(=O)c1noc(CN2CCc3[nH]c4ccc(F)cc4c3C2)n1. The zero-order valence-corrected chi connectivity index (χ0v) is 13.7. The molecule has 0 fully saturated rings. The summed E-state index contributed by atoms with van der Waals surface area (Å²) >= 11 is 0. The van der Waals surface area contributed by atoms with Gasteiger partial charge in [-0.15, -0.1) is 0 Å². The standard InChI is InChI=1S/C17H17FN4O3/c1-2-24-17(23)16-20-15(25-21-16)9-22-6-5-14-12(8-22)11-7-10(18)3-4-13(11)19-14/h3-4,7,19H,2,5-6,8-9H2,1H3. The number of carbonyl (C=O) groups excluding carboxylic acids is 1. The third-order valence-corrected chi connectivity index (χ3v) is 4.30. The molecule has 8 heteroatoms. The summed E-state index contributed by atoms with van der Waals surface area (Å²) in [5.74, 6) is -0.547. The van der Waals surface area contributed by atoms with Gasteiger partial charge in [-0.2, -0.15) is 4.98 Å². The molecule has 4 rings (SSSR count). The molecule has 1 aromatic carbocycles. The van der Waals surface area contributed by atoms with Crippen molar-refractivity contribution < 1.29 is 18.4 Å². The van der Waals surface area contributed by atoms with Gasteiger partial charge in [0.1, 0.15) is 5.82 Å². The van der Waals surface area contributed by atoms with Gasteiger partial charge in [0.15, 0.2) is 0 Å². The average molecular weight is 344 g/mol. The van der Waals surface area contributed by atoms with Gasteiger partial charge >= 0.3 is 5.97 Å². The minimum atomic E-state index is -0.592. The highest BCUT2D eigenvalue weighted by atomic mass is 19.1. The van der Waals surface area contributed by atoms with E-state index in [0.717, 1.165) is 35.1 Å². The lowest BCUT2D eigenvalue weighted by Gasteiger charge is -2.25. The Morgan fingerprint density at radius 3 is 3.20 bits per heavy atom. The normalized spacial score (nSPS) is 14.6. The molecule has 1 aliphatic rings. The lowest BCUT2D eigenvalue weighted by molar-refractivity contribution is 0.0508. The number of aromatic nitrogens is 3. The Hall–Kier alpha value is -2.74. The lowest BCUT2D eigenvalue weighted by atomic mass is 10.0. The van der Waals surface area contributed by atoms with Crippen LogP contribution in [0.5, 0.6) is 0 Å². The van der Waals surface area contributed by atoms with Crippen molar-refractivity contribution in [2.24, 2.45) is 0 Å². The van der Waals surface area contributed by atoms with Crippen LogP contribution >= 0.6 is 0 Å². The van der Waals surface area contributed by atoms with Gasteiger partial charge in [0, 0.05) is 36.1 Å². The Morgan fingerprint density at radius 2 is 2.36 bits per heavy atom. The average Bonchev–Trinajstić information content (AvgIpc) is 3.20. The number of benzene rings is 1. The molecule has 1 aliphatic heterocycles. The first-order valence-corrected chi connectivity index (χ1v) is 8.15. The number of aromatic amines is 1. The van der Waals surface area contributed by atoms with E-state index in [9.17, 15) is 9.18 Å². The summed E-state index contributed by atoms with van der Waals surface area (Å²) in [6.45, 7) is 3.85. The second-order valence-electron chi connectivity index (χ2n) is 5.96. The van der Waals surface area contributed by atoms with Gasteiger partial charge in [0.2, 0.25) is 5.89 Å². The van der Waals surface area contributed by atoms with Gasteiger partial charge in [-0.05, 0) is 35.8 Å². The van der Waals surface area contributed by atoms with Crippen LogP contribution in [0.2, 0.25) is 0 Å². The smallest absolute Gasteiger partial charge is 0.379 e. The van der Waals surface area contributed by atoms with Crippen molar-refractivity contribution in [3.8, 4) is 0 Å². The fourth-order valence-corrected chi connectivity index (χ4v) is 3.17. The minimum absolute atomic E-state index is 0.0660. The number of H-pyrrole nitrogens is 1. The van der Waals surface area contributed by atoms with Crippen LogP contribution in [0.25, 0.3) is 10.9 Å². The maximum absolute atomic E-state index is 13.6. The maximum atomic E-state index is 13.6.